The van der Waals surface area contributed by atoms with Gasteiger partial charge in [-0.1, -0.05) is 23.7 Å². The summed E-state index contributed by atoms with van der Waals surface area (Å²) in [5.74, 6) is -0.170. The summed E-state index contributed by atoms with van der Waals surface area (Å²) >= 11 is 7.20. The van der Waals surface area contributed by atoms with Crippen LogP contribution in [0.2, 0.25) is 5.02 Å². The summed E-state index contributed by atoms with van der Waals surface area (Å²) in [6, 6.07) is 8.59. The lowest BCUT2D eigenvalue weighted by Crippen LogP contribution is -2.28. The molecule has 0 fully saturated rings. The van der Waals surface area contributed by atoms with E-state index in [-0.39, 0.29) is 18.9 Å². The number of halogens is 1. The minimum absolute atomic E-state index is 0.170. The van der Waals surface area contributed by atoms with Gasteiger partial charge in [0.05, 0.1) is 0 Å². The highest BCUT2D eigenvalue weighted by Crippen LogP contribution is 2.21. The van der Waals surface area contributed by atoms with Gasteiger partial charge in [-0.2, -0.15) is 0 Å². The Hall–Kier alpha value is -1.41. The van der Waals surface area contributed by atoms with Crippen LogP contribution in [-0.2, 0) is 14.8 Å². The molecule has 0 saturated carbocycles. The molecule has 24 heavy (non-hydrogen) atoms. The van der Waals surface area contributed by atoms with Gasteiger partial charge < -0.3 is 5.32 Å². The van der Waals surface area contributed by atoms with Crippen LogP contribution in [0, 0.1) is 6.92 Å². The number of nitrogens with one attached hydrogen (secondary N) is 1. The second kappa shape index (κ2) is 8.11. The van der Waals surface area contributed by atoms with E-state index in [1.54, 1.807) is 29.6 Å². The van der Waals surface area contributed by atoms with Gasteiger partial charge in [-0.25, -0.2) is 12.7 Å². The Kier molecular flexibility index (Phi) is 6.40. The fourth-order valence-corrected chi connectivity index (χ4v) is 4.63. The second-order valence-corrected chi connectivity index (χ2v) is 9.00. The third-order valence-corrected chi connectivity index (χ3v) is 7.13. The third kappa shape index (κ3) is 4.80. The molecule has 0 aliphatic rings. The predicted octanol–water partition coefficient (Wildman–Crippen LogP) is 3.75. The second-order valence-electron chi connectivity index (χ2n) is 5.37. The van der Waals surface area contributed by atoms with Crippen molar-refractivity contribution in [2.75, 3.05) is 18.9 Å². The van der Waals surface area contributed by atoms with Crippen LogP contribution in [0.4, 0.5) is 5.69 Å². The average molecular weight is 387 g/mol. The molecule has 1 amide bonds. The van der Waals surface area contributed by atoms with Crippen LogP contribution in [0.5, 0.6) is 0 Å². The van der Waals surface area contributed by atoms with E-state index in [0.29, 0.717) is 21.3 Å². The molecule has 0 unspecified atom stereocenters. The minimum Gasteiger partial charge on any atom is -0.326 e. The van der Waals surface area contributed by atoms with Crippen LogP contribution < -0.4 is 5.32 Å². The minimum atomic E-state index is -3.46. The van der Waals surface area contributed by atoms with Gasteiger partial charge in [-0.05, 0) is 42.5 Å². The van der Waals surface area contributed by atoms with E-state index in [0.717, 1.165) is 5.56 Å². The lowest BCUT2D eigenvalue weighted by atomic mass is 10.2. The van der Waals surface area contributed by atoms with Crippen molar-refractivity contribution >= 4 is 44.6 Å². The van der Waals surface area contributed by atoms with E-state index in [2.05, 4.69) is 5.32 Å². The molecule has 0 radical (unpaired) electrons. The number of carbonyl (C=O) groups excluding carboxylic acids is 1. The number of thiophene rings is 1. The third-order valence-electron chi connectivity index (χ3n) is 3.49. The van der Waals surface area contributed by atoms with Gasteiger partial charge in [-0.15, -0.1) is 11.3 Å². The number of aryl methyl sites for hydroxylation is 1. The Balaban J connectivity index is 1.83. The smallest absolute Gasteiger partial charge is 0.252 e. The molecule has 0 saturated heterocycles. The first-order chi connectivity index (χ1) is 11.3. The van der Waals surface area contributed by atoms with E-state index >= 15 is 0 Å². The molecule has 1 heterocycles. The van der Waals surface area contributed by atoms with Gasteiger partial charge >= 0.3 is 0 Å². The van der Waals surface area contributed by atoms with Gasteiger partial charge in [0.15, 0.2) is 0 Å². The van der Waals surface area contributed by atoms with Gasteiger partial charge in [0, 0.05) is 30.7 Å². The molecule has 0 atom stereocenters. The Morgan fingerprint density at radius 2 is 2.08 bits per heavy atom. The number of hydrogen-bond acceptors (Lipinski definition) is 4. The molecule has 0 spiro atoms. The average Bonchev–Trinajstić information content (AvgIpc) is 3.06. The first kappa shape index (κ1) is 18.9. The zero-order valence-electron chi connectivity index (χ0n) is 13.5. The standard InChI is InChI=1S/C16H19ClN2O3S2/c1-12-7-8-13(11-14(12)17)18-15(20)5-3-9-19(2)24(21,22)16-6-4-10-23-16/h4,6-8,10-11H,3,5,9H2,1-2H3,(H,18,20). The maximum Gasteiger partial charge on any atom is 0.252 e. The molecule has 1 aromatic carbocycles. The fourth-order valence-electron chi connectivity index (χ4n) is 2.04. The highest BCUT2D eigenvalue weighted by atomic mass is 35.5. The summed E-state index contributed by atoms with van der Waals surface area (Å²) in [5.41, 5.74) is 1.57. The molecule has 0 bridgehead atoms. The molecular weight excluding hydrogens is 368 g/mol. The van der Waals surface area contributed by atoms with Crippen molar-refractivity contribution in [3.63, 3.8) is 0 Å². The molecule has 2 aromatic rings. The summed E-state index contributed by atoms with van der Waals surface area (Å²) in [6.07, 6.45) is 0.669. The number of hydrogen-bond donors (Lipinski definition) is 1. The van der Waals surface area contributed by atoms with Crippen molar-refractivity contribution in [1.82, 2.24) is 4.31 Å². The van der Waals surface area contributed by atoms with E-state index in [4.69, 9.17) is 11.6 Å². The zero-order valence-corrected chi connectivity index (χ0v) is 15.8. The first-order valence-corrected chi connectivity index (χ1v) is 10.1. The fraction of sp³-hybridized carbons (Fsp3) is 0.312. The number of benzene rings is 1. The van der Waals surface area contributed by atoms with Crippen molar-refractivity contribution in [2.45, 2.75) is 24.0 Å². The normalized spacial score (nSPS) is 11.7. The van der Waals surface area contributed by atoms with E-state index in [1.807, 2.05) is 13.0 Å². The van der Waals surface area contributed by atoms with Crippen LogP contribution in [0.25, 0.3) is 0 Å². The van der Waals surface area contributed by atoms with Crippen LogP contribution >= 0.6 is 22.9 Å². The lowest BCUT2D eigenvalue weighted by molar-refractivity contribution is -0.116. The lowest BCUT2D eigenvalue weighted by Gasteiger charge is -2.15. The SMILES string of the molecule is Cc1ccc(NC(=O)CCCN(C)S(=O)(=O)c2cccs2)cc1Cl. The number of carbonyl (C=O) groups is 1. The number of rotatable bonds is 7. The monoisotopic (exact) mass is 386 g/mol. The van der Waals surface area contributed by atoms with Crippen molar-refractivity contribution in [3.05, 3.63) is 46.3 Å². The highest BCUT2D eigenvalue weighted by molar-refractivity contribution is 7.91. The maximum atomic E-state index is 12.3. The van der Waals surface area contributed by atoms with Crippen LogP contribution in [0.15, 0.2) is 39.9 Å². The molecule has 2 rings (SSSR count). The van der Waals surface area contributed by atoms with E-state index < -0.39 is 10.0 Å². The van der Waals surface area contributed by atoms with E-state index in [9.17, 15) is 13.2 Å². The Morgan fingerprint density at radius 1 is 1.33 bits per heavy atom. The summed E-state index contributed by atoms with van der Waals surface area (Å²) in [4.78, 5) is 11.9. The quantitative estimate of drug-likeness (QED) is 0.788. The molecule has 1 N–H and O–H groups in total. The van der Waals surface area contributed by atoms with E-state index in [1.165, 1.54) is 22.7 Å². The largest absolute Gasteiger partial charge is 0.326 e. The first-order valence-electron chi connectivity index (χ1n) is 7.36. The number of nitrogens with zero attached hydrogens (tertiary/aromatic N) is 1. The summed E-state index contributed by atoms with van der Waals surface area (Å²) in [5, 5.41) is 5.08. The van der Waals surface area contributed by atoms with Gasteiger partial charge in [-0.3, -0.25) is 4.79 Å². The summed E-state index contributed by atoms with van der Waals surface area (Å²) in [6.45, 7) is 2.17. The Labute approximate surface area is 151 Å². The van der Waals surface area contributed by atoms with Crippen molar-refractivity contribution in [1.29, 1.82) is 0 Å². The molecule has 1 aromatic heterocycles. The van der Waals surface area contributed by atoms with Gasteiger partial charge in [0.2, 0.25) is 5.91 Å². The van der Waals surface area contributed by atoms with Crippen LogP contribution in [0.1, 0.15) is 18.4 Å². The van der Waals surface area contributed by atoms with Crippen molar-refractivity contribution < 1.29 is 13.2 Å². The molecule has 130 valence electrons. The van der Waals surface area contributed by atoms with Crippen LogP contribution in [-0.4, -0.2) is 32.2 Å². The van der Waals surface area contributed by atoms with Gasteiger partial charge in [0.25, 0.3) is 10.0 Å². The number of sulfonamides is 1. The zero-order chi connectivity index (χ0) is 17.7. The molecule has 0 aliphatic carbocycles. The van der Waals surface area contributed by atoms with Crippen molar-refractivity contribution in [3.8, 4) is 0 Å². The Bertz CT molecular complexity index is 805. The van der Waals surface area contributed by atoms with Gasteiger partial charge in [0.1, 0.15) is 4.21 Å². The van der Waals surface area contributed by atoms with Crippen molar-refractivity contribution in [2.24, 2.45) is 0 Å². The molecule has 0 aliphatic heterocycles. The highest BCUT2D eigenvalue weighted by Gasteiger charge is 2.21. The Morgan fingerprint density at radius 3 is 2.71 bits per heavy atom. The molecule has 8 heteroatoms. The summed E-state index contributed by atoms with van der Waals surface area (Å²) < 4.78 is 26.1. The topological polar surface area (TPSA) is 66.5 Å². The number of anilines is 1. The molecular formula is C16H19ClN2O3S2. The number of amides is 1. The molecule has 5 nitrogen and oxygen atoms in total. The maximum absolute atomic E-state index is 12.3. The predicted molar refractivity (Wildman–Crippen MR) is 98.2 cm³/mol. The summed E-state index contributed by atoms with van der Waals surface area (Å²) in [7, 11) is -1.94. The van der Waals surface area contributed by atoms with Crippen LogP contribution in [0.3, 0.4) is 0 Å².